The summed E-state index contributed by atoms with van der Waals surface area (Å²) in [6.45, 7) is 1.35. The number of nitrogens with zero attached hydrogens (tertiary/aromatic N) is 3. The molecule has 2 fully saturated rings. The zero-order valence-electron chi connectivity index (χ0n) is 16.6. The van der Waals surface area contributed by atoms with Crippen molar-refractivity contribution in [3.63, 3.8) is 0 Å². The largest absolute Gasteiger partial charge is 0.456 e. The average Bonchev–Trinajstić information content (AvgIpc) is 3.46. The van der Waals surface area contributed by atoms with E-state index in [4.69, 9.17) is 21.1 Å². The number of benzene rings is 1. The number of anilines is 1. The fraction of sp³-hybridized carbons (Fsp3) is 0.429. The Bertz CT molecular complexity index is 1080. The van der Waals surface area contributed by atoms with Crippen LogP contribution in [0.1, 0.15) is 6.42 Å². The number of aromatic nitrogens is 3. The smallest absolute Gasteiger partial charge is 0.296 e. The quantitative estimate of drug-likeness (QED) is 0.463. The lowest BCUT2D eigenvalue weighted by Crippen LogP contribution is -2.36. The van der Waals surface area contributed by atoms with Gasteiger partial charge in [0, 0.05) is 24.3 Å². The number of hydrogen-bond acceptors (Lipinski definition) is 8. The molecule has 10 heteroatoms. The van der Waals surface area contributed by atoms with Gasteiger partial charge in [-0.1, -0.05) is 23.7 Å². The van der Waals surface area contributed by atoms with E-state index in [-0.39, 0.29) is 25.3 Å². The second-order valence-corrected chi connectivity index (χ2v) is 8.28. The summed E-state index contributed by atoms with van der Waals surface area (Å²) in [4.78, 5) is 14.1. The Morgan fingerprint density at radius 1 is 1.23 bits per heavy atom. The summed E-state index contributed by atoms with van der Waals surface area (Å²) in [5.74, 6) is 0. The van der Waals surface area contributed by atoms with Gasteiger partial charge in [0.05, 0.1) is 35.6 Å². The zero-order chi connectivity index (χ0) is 21.5. The molecular weight excluding hydrogens is 424 g/mol. The van der Waals surface area contributed by atoms with Gasteiger partial charge in [-0.25, -0.2) is 4.98 Å². The maximum Gasteiger partial charge on any atom is 0.296 e. The van der Waals surface area contributed by atoms with Crippen molar-refractivity contribution in [2.24, 2.45) is 0 Å². The molecule has 9 nitrogen and oxygen atoms in total. The van der Waals surface area contributed by atoms with Gasteiger partial charge in [0.15, 0.2) is 11.8 Å². The molecule has 0 amide bonds. The monoisotopic (exact) mass is 446 g/mol. The number of imidazole rings is 1. The number of nitrogens with one attached hydrogen (secondary N) is 1. The van der Waals surface area contributed by atoms with Gasteiger partial charge in [-0.3, -0.25) is 0 Å². The second-order valence-electron chi connectivity index (χ2n) is 7.87. The number of hydrogen-bond donors (Lipinski definition) is 4. The number of aliphatic hydroxyl groups is 3. The Morgan fingerprint density at radius 3 is 2.71 bits per heavy atom. The molecule has 31 heavy (non-hydrogen) atoms. The summed E-state index contributed by atoms with van der Waals surface area (Å²) in [5, 5.41) is 29.5. The summed E-state index contributed by atoms with van der Waals surface area (Å²) in [5.41, 5.74) is 3.55. The maximum atomic E-state index is 10.1. The third-order valence-electron chi connectivity index (χ3n) is 5.75. The van der Waals surface area contributed by atoms with Crippen LogP contribution in [0.5, 0.6) is 6.01 Å². The number of rotatable bonds is 5. The normalized spacial score (nSPS) is 26.1. The van der Waals surface area contributed by atoms with E-state index in [2.05, 4.69) is 19.9 Å². The van der Waals surface area contributed by atoms with Crippen LogP contribution in [0.2, 0.25) is 5.02 Å². The molecule has 164 valence electrons. The molecule has 4 N–H and O–H groups in total. The van der Waals surface area contributed by atoms with Crippen LogP contribution in [0.25, 0.3) is 22.4 Å². The maximum absolute atomic E-state index is 10.1. The molecule has 5 rings (SSSR count). The first-order valence-corrected chi connectivity index (χ1v) is 10.6. The van der Waals surface area contributed by atoms with Crippen LogP contribution in [0.3, 0.4) is 0 Å². The van der Waals surface area contributed by atoms with Crippen LogP contribution < -0.4 is 9.64 Å². The molecule has 0 unspecified atom stereocenters. The first kappa shape index (κ1) is 20.5. The predicted octanol–water partition coefficient (Wildman–Crippen LogP) is 1.35. The van der Waals surface area contributed by atoms with Gasteiger partial charge < -0.3 is 34.7 Å². The lowest BCUT2D eigenvalue weighted by Gasteiger charge is -2.18. The molecule has 4 atom stereocenters. The van der Waals surface area contributed by atoms with Gasteiger partial charge in [0.2, 0.25) is 0 Å². The van der Waals surface area contributed by atoms with Crippen molar-refractivity contribution in [3.05, 3.63) is 35.4 Å². The molecule has 2 saturated heterocycles. The zero-order valence-corrected chi connectivity index (χ0v) is 17.4. The molecule has 2 aliphatic rings. The van der Waals surface area contributed by atoms with E-state index in [1.165, 1.54) is 0 Å². The molecular formula is C21H23ClN4O5. The summed E-state index contributed by atoms with van der Waals surface area (Å²) in [6, 6.07) is 9.82. The molecule has 3 aromatic rings. The number of β-amino-alcohol motifs (C(OH)–C–C–N with tert-alkyl or cyclic N) is 1. The summed E-state index contributed by atoms with van der Waals surface area (Å²) >= 11 is 6.48. The van der Waals surface area contributed by atoms with Crippen LogP contribution >= 0.6 is 11.6 Å². The molecule has 0 bridgehead atoms. The van der Waals surface area contributed by atoms with E-state index >= 15 is 0 Å². The highest BCUT2D eigenvalue weighted by atomic mass is 35.5. The van der Waals surface area contributed by atoms with E-state index in [9.17, 15) is 15.3 Å². The molecule has 2 aromatic heterocycles. The fourth-order valence-corrected chi connectivity index (χ4v) is 4.28. The lowest BCUT2D eigenvalue weighted by atomic mass is 10.1. The van der Waals surface area contributed by atoms with Crippen molar-refractivity contribution in [1.29, 1.82) is 0 Å². The Morgan fingerprint density at radius 2 is 2.03 bits per heavy atom. The highest BCUT2D eigenvalue weighted by molar-refractivity contribution is 6.33. The molecule has 0 radical (unpaired) electrons. The number of H-pyrrole nitrogens is 1. The number of ether oxygens (including phenoxy) is 2. The minimum atomic E-state index is -0.944. The third-order valence-corrected chi connectivity index (χ3v) is 6.04. The second kappa shape index (κ2) is 8.25. The van der Waals surface area contributed by atoms with Crippen LogP contribution in [0.15, 0.2) is 30.3 Å². The molecule has 4 heterocycles. The minimum Gasteiger partial charge on any atom is -0.456 e. The topological polar surface area (TPSA) is 124 Å². The molecule has 2 aliphatic heterocycles. The minimum absolute atomic E-state index is 0.156. The van der Waals surface area contributed by atoms with Crippen LogP contribution in [0.4, 0.5) is 5.69 Å². The number of aliphatic hydroxyl groups excluding tert-OH is 3. The van der Waals surface area contributed by atoms with Crippen molar-refractivity contribution >= 4 is 28.5 Å². The first-order chi connectivity index (χ1) is 15.0. The average molecular weight is 447 g/mol. The molecule has 0 spiro atoms. The van der Waals surface area contributed by atoms with Gasteiger partial charge in [0.25, 0.3) is 6.01 Å². The standard InChI is InChI=1S/C21H23ClN4O5/c22-14-7-15-20(25-21(23-15)31-17-10-30-16(9-27)19(17)29)24-18(14)11-1-3-12(4-2-11)26-6-5-13(28)8-26/h1-4,7,13,16-17,19,27-29H,5-6,8-10H2,(H,23,24,25)/t13-,16+,17+,19+/m0/s1. The Balaban J connectivity index is 1.37. The van der Waals surface area contributed by atoms with Crippen molar-refractivity contribution in [3.8, 4) is 17.3 Å². The van der Waals surface area contributed by atoms with Crippen molar-refractivity contribution in [2.75, 3.05) is 31.2 Å². The van der Waals surface area contributed by atoms with E-state index in [1.54, 1.807) is 6.07 Å². The highest BCUT2D eigenvalue weighted by Crippen LogP contribution is 2.32. The number of aromatic amines is 1. The molecule has 0 saturated carbocycles. The SMILES string of the molecule is OC[C@H]1OC[C@@H](Oc2nc3nc(-c4ccc(N5CC[C@H](O)C5)cc4)c(Cl)cc3[nH]2)[C@@H]1O. The first-order valence-electron chi connectivity index (χ1n) is 10.2. The Labute approximate surface area is 183 Å². The van der Waals surface area contributed by atoms with Crippen molar-refractivity contribution in [2.45, 2.75) is 30.8 Å². The number of pyridine rings is 1. The predicted molar refractivity (Wildman–Crippen MR) is 114 cm³/mol. The molecule has 0 aliphatic carbocycles. The van der Waals surface area contributed by atoms with E-state index in [0.29, 0.717) is 28.4 Å². The van der Waals surface area contributed by atoms with E-state index in [1.807, 2.05) is 24.3 Å². The van der Waals surface area contributed by atoms with Gasteiger partial charge >= 0.3 is 0 Å². The van der Waals surface area contributed by atoms with E-state index in [0.717, 1.165) is 24.2 Å². The molecule has 1 aromatic carbocycles. The fourth-order valence-electron chi connectivity index (χ4n) is 4.02. The third kappa shape index (κ3) is 3.95. The summed E-state index contributed by atoms with van der Waals surface area (Å²) in [6.07, 6.45) is -1.74. The van der Waals surface area contributed by atoms with E-state index < -0.39 is 18.3 Å². The van der Waals surface area contributed by atoms with Crippen LogP contribution in [-0.2, 0) is 4.74 Å². The Kier molecular flexibility index (Phi) is 5.45. The van der Waals surface area contributed by atoms with Crippen molar-refractivity contribution in [1.82, 2.24) is 15.0 Å². The Hall–Kier alpha value is -2.43. The number of halogens is 1. The van der Waals surface area contributed by atoms with Gasteiger partial charge in [0.1, 0.15) is 12.2 Å². The number of fused-ring (bicyclic) bond motifs is 1. The van der Waals surface area contributed by atoms with Gasteiger partial charge in [-0.05, 0) is 24.6 Å². The summed E-state index contributed by atoms with van der Waals surface area (Å²) in [7, 11) is 0. The van der Waals surface area contributed by atoms with Gasteiger partial charge in [-0.15, -0.1) is 0 Å². The summed E-state index contributed by atoms with van der Waals surface area (Å²) < 4.78 is 11.0. The highest BCUT2D eigenvalue weighted by Gasteiger charge is 2.37. The lowest BCUT2D eigenvalue weighted by molar-refractivity contribution is -0.00390. The van der Waals surface area contributed by atoms with Gasteiger partial charge in [-0.2, -0.15) is 4.98 Å². The van der Waals surface area contributed by atoms with Crippen molar-refractivity contribution < 1.29 is 24.8 Å². The van der Waals surface area contributed by atoms with Crippen LogP contribution in [-0.4, -0.2) is 81.0 Å². The van der Waals surface area contributed by atoms with Crippen LogP contribution in [0, 0.1) is 0 Å².